The molecule has 3 heterocycles. The topological polar surface area (TPSA) is 63.8 Å². The van der Waals surface area contributed by atoms with Gasteiger partial charge in [0.05, 0.1) is 11.6 Å². The summed E-state index contributed by atoms with van der Waals surface area (Å²) in [4.78, 5) is 8.39. The van der Waals surface area contributed by atoms with E-state index in [0.717, 1.165) is 32.1 Å². The Morgan fingerprint density at radius 2 is 2.37 bits per heavy atom. The molecule has 0 bridgehead atoms. The molecule has 2 aromatic heterocycles. The van der Waals surface area contributed by atoms with Crippen molar-refractivity contribution in [3.05, 3.63) is 30.0 Å². The number of nitrogens with zero attached hydrogens (tertiary/aromatic N) is 3. The van der Waals surface area contributed by atoms with Crippen LogP contribution in [-0.4, -0.2) is 28.2 Å². The molecular formula is C13H15FN4O. The number of nitrogens with one attached hydrogen (secondary N) is 1. The summed E-state index contributed by atoms with van der Waals surface area (Å²) in [6, 6.07) is 2.89. The molecule has 0 aromatic carbocycles. The number of pyridine rings is 1. The number of rotatable bonds is 3. The lowest BCUT2D eigenvalue weighted by Gasteiger charge is -2.20. The molecule has 2 aromatic rings. The maximum absolute atomic E-state index is 12.8. The maximum Gasteiger partial charge on any atom is 0.234 e. The summed E-state index contributed by atoms with van der Waals surface area (Å²) in [5.41, 5.74) is 0.444. The molecule has 1 saturated heterocycles. The lowest BCUT2D eigenvalue weighted by atomic mass is 9.84. The van der Waals surface area contributed by atoms with Gasteiger partial charge in [-0.15, -0.1) is 0 Å². The Morgan fingerprint density at radius 3 is 3.00 bits per heavy atom. The lowest BCUT2D eigenvalue weighted by molar-refractivity contribution is 0.285. The summed E-state index contributed by atoms with van der Waals surface area (Å²) < 4.78 is 18.2. The summed E-state index contributed by atoms with van der Waals surface area (Å²) in [5, 5.41) is 7.28. The van der Waals surface area contributed by atoms with E-state index in [0.29, 0.717) is 17.4 Å². The molecule has 19 heavy (non-hydrogen) atoms. The lowest BCUT2D eigenvalue weighted by Crippen LogP contribution is -2.28. The number of hydrogen-bond donors (Lipinski definition) is 1. The van der Waals surface area contributed by atoms with E-state index >= 15 is 0 Å². The van der Waals surface area contributed by atoms with Gasteiger partial charge in [-0.05, 0) is 31.5 Å². The fraction of sp³-hybridized carbons (Fsp3) is 0.462. The van der Waals surface area contributed by atoms with E-state index < -0.39 is 0 Å². The van der Waals surface area contributed by atoms with Gasteiger partial charge in [-0.25, -0.2) is 9.37 Å². The number of aromatic nitrogens is 3. The van der Waals surface area contributed by atoms with E-state index in [2.05, 4.69) is 27.4 Å². The minimum atomic E-state index is -0.377. The summed E-state index contributed by atoms with van der Waals surface area (Å²) in [6.45, 7) is 3.93. The first kappa shape index (κ1) is 12.2. The molecule has 0 aliphatic carbocycles. The van der Waals surface area contributed by atoms with E-state index in [-0.39, 0.29) is 11.2 Å². The zero-order valence-corrected chi connectivity index (χ0v) is 10.7. The average molecular weight is 262 g/mol. The largest absolute Gasteiger partial charge is 0.338 e. The van der Waals surface area contributed by atoms with Gasteiger partial charge in [0, 0.05) is 6.54 Å². The van der Waals surface area contributed by atoms with Crippen molar-refractivity contribution in [3.63, 3.8) is 0 Å². The van der Waals surface area contributed by atoms with Crippen molar-refractivity contribution in [2.45, 2.75) is 25.2 Å². The molecule has 1 aliphatic rings. The van der Waals surface area contributed by atoms with Crippen LogP contribution in [0.3, 0.4) is 0 Å². The molecule has 1 N–H and O–H groups in total. The Hall–Kier alpha value is -1.82. The van der Waals surface area contributed by atoms with Crippen molar-refractivity contribution in [2.24, 2.45) is 0 Å². The molecule has 1 aliphatic heterocycles. The normalized spacial score (nSPS) is 22.8. The highest BCUT2D eigenvalue weighted by Gasteiger charge is 2.39. The zero-order valence-electron chi connectivity index (χ0n) is 10.7. The Morgan fingerprint density at radius 1 is 1.47 bits per heavy atom. The molecule has 0 radical (unpaired) electrons. The minimum Gasteiger partial charge on any atom is -0.338 e. The van der Waals surface area contributed by atoms with Gasteiger partial charge in [-0.1, -0.05) is 12.1 Å². The smallest absolute Gasteiger partial charge is 0.234 e. The Labute approximate surface area is 110 Å². The molecule has 5 nitrogen and oxygen atoms in total. The first-order valence-electron chi connectivity index (χ1n) is 6.40. The summed E-state index contributed by atoms with van der Waals surface area (Å²) in [7, 11) is 0. The third kappa shape index (κ3) is 2.12. The van der Waals surface area contributed by atoms with E-state index in [1.54, 1.807) is 6.07 Å². The van der Waals surface area contributed by atoms with E-state index in [4.69, 9.17) is 4.52 Å². The first-order chi connectivity index (χ1) is 9.23. The van der Waals surface area contributed by atoms with Crippen LogP contribution in [0.4, 0.5) is 4.39 Å². The fourth-order valence-electron chi connectivity index (χ4n) is 2.43. The van der Waals surface area contributed by atoms with E-state index in [9.17, 15) is 4.39 Å². The SMILES string of the molecule is CCC1(c2nc(-c3ccc(F)cn3)no2)CCNC1. The van der Waals surface area contributed by atoms with Gasteiger partial charge < -0.3 is 9.84 Å². The van der Waals surface area contributed by atoms with Crippen molar-refractivity contribution in [1.29, 1.82) is 0 Å². The van der Waals surface area contributed by atoms with Crippen molar-refractivity contribution in [1.82, 2.24) is 20.4 Å². The first-order valence-corrected chi connectivity index (χ1v) is 6.40. The summed E-state index contributed by atoms with van der Waals surface area (Å²) in [5.74, 6) is 0.674. The molecule has 0 saturated carbocycles. The van der Waals surface area contributed by atoms with Gasteiger partial charge in [0.15, 0.2) is 0 Å². The van der Waals surface area contributed by atoms with E-state index in [1.807, 2.05) is 0 Å². The molecule has 1 atom stereocenters. The zero-order chi connectivity index (χ0) is 13.3. The van der Waals surface area contributed by atoms with Gasteiger partial charge in [0.25, 0.3) is 0 Å². The molecule has 0 spiro atoms. The predicted octanol–water partition coefficient (Wildman–Crippen LogP) is 1.91. The highest BCUT2D eigenvalue weighted by Crippen LogP contribution is 2.33. The van der Waals surface area contributed by atoms with Gasteiger partial charge in [-0.2, -0.15) is 4.98 Å². The molecule has 100 valence electrons. The van der Waals surface area contributed by atoms with Crippen LogP contribution < -0.4 is 5.32 Å². The third-order valence-corrected chi connectivity index (χ3v) is 3.76. The number of hydrogen-bond acceptors (Lipinski definition) is 5. The van der Waals surface area contributed by atoms with Crippen molar-refractivity contribution < 1.29 is 8.91 Å². The van der Waals surface area contributed by atoms with Gasteiger partial charge in [-0.3, -0.25) is 0 Å². The van der Waals surface area contributed by atoms with Crippen LogP contribution in [0, 0.1) is 5.82 Å². The molecule has 1 unspecified atom stereocenters. The van der Waals surface area contributed by atoms with Crippen LogP contribution >= 0.6 is 0 Å². The van der Waals surface area contributed by atoms with Crippen LogP contribution in [0.15, 0.2) is 22.9 Å². The minimum absolute atomic E-state index is 0.0781. The van der Waals surface area contributed by atoms with Gasteiger partial charge in [0.1, 0.15) is 11.5 Å². The van der Waals surface area contributed by atoms with E-state index in [1.165, 1.54) is 6.07 Å². The second-order valence-corrected chi connectivity index (χ2v) is 4.85. The Balaban J connectivity index is 1.92. The molecular weight excluding hydrogens is 247 g/mol. The van der Waals surface area contributed by atoms with Crippen LogP contribution in [0.2, 0.25) is 0 Å². The average Bonchev–Trinajstić information content (AvgIpc) is 3.09. The van der Waals surface area contributed by atoms with Crippen LogP contribution in [0.25, 0.3) is 11.5 Å². The highest BCUT2D eigenvalue weighted by molar-refractivity contribution is 5.47. The Kier molecular flexibility index (Phi) is 3.02. The fourth-order valence-corrected chi connectivity index (χ4v) is 2.43. The van der Waals surface area contributed by atoms with Crippen molar-refractivity contribution in [2.75, 3.05) is 13.1 Å². The highest BCUT2D eigenvalue weighted by atomic mass is 19.1. The Bertz CT molecular complexity index is 560. The summed E-state index contributed by atoms with van der Waals surface area (Å²) in [6.07, 6.45) is 3.08. The number of halogens is 1. The predicted molar refractivity (Wildman–Crippen MR) is 66.9 cm³/mol. The van der Waals surface area contributed by atoms with Crippen LogP contribution in [0.5, 0.6) is 0 Å². The standard InChI is InChI=1S/C13H15FN4O/c1-2-13(5-6-15-8-13)12-17-11(18-19-12)10-4-3-9(14)7-16-10/h3-4,7,15H,2,5-6,8H2,1H3. The second kappa shape index (κ2) is 4.70. The van der Waals surface area contributed by atoms with Crippen LogP contribution in [0.1, 0.15) is 25.7 Å². The van der Waals surface area contributed by atoms with Crippen molar-refractivity contribution >= 4 is 0 Å². The molecule has 6 heteroatoms. The van der Waals surface area contributed by atoms with Gasteiger partial charge >= 0.3 is 0 Å². The molecule has 3 rings (SSSR count). The summed E-state index contributed by atoms with van der Waals surface area (Å²) >= 11 is 0. The molecule has 1 fully saturated rings. The second-order valence-electron chi connectivity index (χ2n) is 4.85. The quantitative estimate of drug-likeness (QED) is 0.915. The van der Waals surface area contributed by atoms with Crippen molar-refractivity contribution in [3.8, 4) is 11.5 Å². The maximum atomic E-state index is 12.8. The molecule has 0 amide bonds. The van der Waals surface area contributed by atoms with Crippen LogP contribution in [-0.2, 0) is 5.41 Å². The third-order valence-electron chi connectivity index (χ3n) is 3.76. The van der Waals surface area contributed by atoms with Gasteiger partial charge in [0.2, 0.25) is 11.7 Å². The monoisotopic (exact) mass is 262 g/mol.